The second kappa shape index (κ2) is 5.22. The summed E-state index contributed by atoms with van der Waals surface area (Å²) in [5.74, 6) is 1.98. The smallest absolute Gasteiger partial charge is 0.162 e. The zero-order chi connectivity index (χ0) is 13.4. The van der Waals surface area contributed by atoms with Crippen LogP contribution in [0.15, 0.2) is 12.1 Å². The Hall–Kier alpha value is -0.930. The van der Waals surface area contributed by atoms with Gasteiger partial charge in [-0.25, -0.2) is 0 Å². The van der Waals surface area contributed by atoms with Crippen LogP contribution in [0, 0.1) is 0 Å². The summed E-state index contributed by atoms with van der Waals surface area (Å²) in [4.78, 5) is 0. The van der Waals surface area contributed by atoms with Crippen LogP contribution in [0.25, 0.3) is 0 Å². The third kappa shape index (κ3) is 2.67. The Morgan fingerprint density at radius 1 is 1.26 bits per heavy atom. The molecule has 0 aliphatic carbocycles. The van der Waals surface area contributed by atoms with Crippen LogP contribution in [0.4, 0.5) is 0 Å². The fourth-order valence-corrected chi connectivity index (χ4v) is 2.97. The molecule has 0 radical (unpaired) electrons. The molecule has 3 rings (SSSR count). The molecular formula is C15H19ClO3. The van der Waals surface area contributed by atoms with E-state index >= 15 is 0 Å². The first-order chi connectivity index (χ1) is 9.19. The first-order valence-electron chi connectivity index (χ1n) is 6.93. The van der Waals surface area contributed by atoms with E-state index in [1.54, 1.807) is 0 Å². The van der Waals surface area contributed by atoms with Gasteiger partial charge in [0.05, 0.1) is 12.2 Å². The number of fused-ring (bicyclic) bond motifs is 1. The Labute approximate surface area is 118 Å². The second-order valence-corrected chi connectivity index (χ2v) is 5.65. The normalized spacial score (nSPS) is 26.1. The molecule has 3 unspecified atom stereocenters. The highest BCUT2D eigenvalue weighted by atomic mass is 35.5. The Balaban J connectivity index is 1.85. The lowest BCUT2D eigenvalue weighted by Gasteiger charge is -2.22. The van der Waals surface area contributed by atoms with Gasteiger partial charge in [-0.3, -0.25) is 0 Å². The van der Waals surface area contributed by atoms with Crippen molar-refractivity contribution in [3.8, 4) is 11.5 Å². The Morgan fingerprint density at radius 3 is 2.47 bits per heavy atom. The van der Waals surface area contributed by atoms with Gasteiger partial charge in [0.25, 0.3) is 0 Å². The molecule has 19 heavy (non-hydrogen) atoms. The van der Waals surface area contributed by atoms with Gasteiger partial charge in [-0.1, -0.05) is 18.5 Å². The third-order valence-electron chi connectivity index (χ3n) is 3.95. The maximum absolute atomic E-state index is 6.40. The lowest BCUT2D eigenvalue weighted by molar-refractivity contribution is 0.171. The van der Waals surface area contributed by atoms with Gasteiger partial charge in [-0.15, -0.1) is 0 Å². The van der Waals surface area contributed by atoms with Crippen molar-refractivity contribution in [3.05, 3.63) is 22.7 Å². The van der Waals surface area contributed by atoms with E-state index in [1.165, 1.54) is 0 Å². The Bertz CT molecular complexity index is 475. The first-order valence-corrected chi connectivity index (χ1v) is 7.31. The van der Waals surface area contributed by atoms with Crippen LogP contribution >= 0.6 is 11.6 Å². The van der Waals surface area contributed by atoms with Crippen molar-refractivity contribution >= 4 is 11.6 Å². The molecule has 1 saturated heterocycles. The fraction of sp³-hybridized carbons (Fsp3) is 0.600. The molecule has 1 aromatic carbocycles. The molecule has 0 saturated carbocycles. The van der Waals surface area contributed by atoms with Crippen LogP contribution in [0.3, 0.4) is 0 Å². The molecule has 2 aliphatic rings. The number of rotatable bonds is 4. The Morgan fingerprint density at radius 2 is 1.89 bits per heavy atom. The zero-order valence-corrected chi connectivity index (χ0v) is 12.1. The Kier molecular flexibility index (Phi) is 3.59. The van der Waals surface area contributed by atoms with E-state index in [1.807, 2.05) is 12.1 Å². The monoisotopic (exact) mass is 282 g/mol. The van der Waals surface area contributed by atoms with E-state index in [2.05, 4.69) is 13.8 Å². The second-order valence-electron chi connectivity index (χ2n) is 5.24. The fourth-order valence-electron chi connectivity index (χ4n) is 2.66. The van der Waals surface area contributed by atoms with Crippen LogP contribution < -0.4 is 9.47 Å². The summed E-state index contributed by atoms with van der Waals surface area (Å²) in [6, 6.07) is 3.92. The van der Waals surface area contributed by atoms with Crippen LogP contribution in [0.5, 0.6) is 11.5 Å². The summed E-state index contributed by atoms with van der Waals surface area (Å²) >= 11 is 6.40. The van der Waals surface area contributed by atoms with Crippen LogP contribution in [0.2, 0.25) is 5.02 Å². The lowest BCUT2D eigenvalue weighted by Crippen LogP contribution is -2.16. The average Bonchev–Trinajstić information content (AvgIpc) is 3.11. The molecule has 0 aromatic heterocycles. The minimum Gasteiger partial charge on any atom is -0.486 e. The maximum Gasteiger partial charge on any atom is 0.162 e. The van der Waals surface area contributed by atoms with Gasteiger partial charge in [0.1, 0.15) is 13.2 Å². The van der Waals surface area contributed by atoms with Crippen LogP contribution in [0.1, 0.15) is 38.2 Å². The SMILES string of the molecule is CCC(CC1OC1C)c1cc2c(cc1Cl)OCCO2. The quantitative estimate of drug-likeness (QED) is 0.788. The van der Waals surface area contributed by atoms with Gasteiger partial charge in [-0.2, -0.15) is 0 Å². The minimum atomic E-state index is 0.384. The van der Waals surface area contributed by atoms with Gasteiger partial charge in [0, 0.05) is 11.1 Å². The van der Waals surface area contributed by atoms with Crippen molar-refractivity contribution in [2.24, 2.45) is 0 Å². The summed E-state index contributed by atoms with van der Waals surface area (Å²) in [6.07, 6.45) is 2.85. The number of halogens is 1. The lowest BCUT2D eigenvalue weighted by atomic mass is 9.91. The van der Waals surface area contributed by atoms with Crippen LogP contribution in [-0.4, -0.2) is 25.4 Å². The summed E-state index contributed by atoms with van der Waals surface area (Å²) in [7, 11) is 0. The highest BCUT2D eigenvalue weighted by molar-refractivity contribution is 6.31. The first kappa shape index (κ1) is 13.1. The molecule has 1 aromatic rings. The molecule has 0 N–H and O–H groups in total. The number of hydrogen-bond acceptors (Lipinski definition) is 3. The summed E-state index contributed by atoms with van der Waals surface area (Å²) in [6.45, 7) is 5.49. The van der Waals surface area contributed by atoms with Crippen LogP contribution in [-0.2, 0) is 4.74 Å². The molecule has 3 nitrogen and oxygen atoms in total. The van der Waals surface area contributed by atoms with E-state index in [0.717, 1.165) is 34.9 Å². The molecule has 4 heteroatoms. The van der Waals surface area contributed by atoms with Crippen molar-refractivity contribution in [3.63, 3.8) is 0 Å². The highest BCUT2D eigenvalue weighted by Gasteiger charge is 2.36. The molecule has 2 aliphatic heterocycles. The predicted octanol–water partition coefficient (Wildman–Crippen LogP) is 3.78. The van der Waals surface area contributed by atoms with E-state index < -0.39 is 0 Å². The molecule has 2 heterocycles. The van der Waals surface area contributed by atoms with Gasteiger partial charge in [0.2, 0.25) is 0 Å². The summed E-state index contributed by atoms with van der Waals surface area (Å²) in [5.41, 5.74) is 1.15. The minimum absolute atomic E-state index is 0.384. The van der Waals surface area contributed by atoms with Gasteiger partial charge >= 0.3 is 0 Å². The predicted molar refractivity (Wildman–Crippen MR) is 74.4 cm³/mol. The molecule has 0 bridgehead atoms. The van der Waals surface area contributed by atoms with Crippen molar-refractivity contribution in [1.82, 2.24) is 0 Å². The standard InChI is InChI=1S/C15H19ClO3/c1-3-10(6-13-9(2)19-13)11-7-14-15(8-12(11)16)18-5-4-17-14/h7-10,13H,3-6H2,1-2H3. The van der Waals surface area contributed by atoms with Gasteiger partial charge in [0.15, 0.2) is 11.5 Å². The van der Waals surface area contributed by atoms with Crippen molar-refractivity contribution in [2.45, 2.75) is 44.8 Å². The molecule has 1 fully saturated rings. The number of epoxide rings is 1. The van der Waals surface area contributed by atoms with E-state index in [4.69, 9.17) is 25.8 Å². The zero-order valence-electron chi connectivity index (χ0n) is 11.3. The van der Waals surface area contributed by atoms with Crippen molar-refractivity contribution in [2.75, 3.05) is 13.2 Å². The summed E-state index contributed by atoms with van der Waals surface area (Å²) in [5, 5.41) is 0.768. The van der Waals surface area contributed by atoms with E-state index in [0.29, 0.717) is 31.3 Å². The highest BCUT2D eigenvalue weighted by Crippen LogP contribution is 2.42. The van der Waals surface area contributed by atoms with Crippen molar-refractivity contribution in [1.29, 1.82) is 0 Å². The topological polar surface area (TPSA) is 31.0 Å². The number of benzene rings is 1. The summed E-state index contributed by atoms with van der Waals surface area (Å²) < 4.78 is 16.7. The van der Waals surface area contributed by atoms with Gasteiger partial charge < -0.3 is 14.2 Å². The molecule has 3 atom stereocenters. The molecule has 104 valence electrons. The molecule has 0 spiro atoms. The number of hydrogen-bond donors (Lipinski definition) is 0. The van der Waals surface area contributed by atoms with E-state index in [9.17, 15) is 0 Å². The van der Waals surface area contributed by atoms with Gasteiger partial charge in [-0.05, 0) is 37.3 Å². The third-order valence-corrected chi connectivity index (χ3v) is 4.27. The number of ether oxygens (including phenoxy) is 3. The average molecular weight is 283 g/mol. The largest absolute Gasteiger partial charge is 0.486 e. The maximum atomic E-state index is 6.40. The van der Waals surface area contributed by atoms with E-state index in [-0.39, 0.29) is 0 Å². The van der Waals surface area contributed by atoms with Crippen molar-refractivity contribution < 1.29 is 14.2 Å². The molecular weight excluding hydrogens is 264 g/mol. The molecule has 0 amide bonds.